The van der Waals surface area contributed by atoms with Crippen LogP contribution in [0.25, 0.3) is 0 Å². The molecule has 0 saturated heterocycles. The van der Waals surface area contributed by atoms with Gasteiger partial charge in [0.15, 0.2) is 6.61 Å². The highest BCUT2D eigenvalue weighted by Crippen LogP contribution is 2.21. The first-order valence-corrected chi connectivity index (χ1v) is 6.80. The van der Waals surface area contributed by atoms with Gasteiger partial charge in [-0.3, -0.25) is 4.79 Å². The molecule has 4 nitrogen and oxygen atoms in total. The fraction of sp³-hybridized carbons (Fsp3) is 0.533. The van der Waals surface area contributed by atoms with Gasteiger partial charge >= 0.3 is 0 Å². The molecule has 0 aliphatic carbocycles. The third kappa shape index (κ3) is 5.30. The quantitative estimate of drug-likeness (QED) is 0.743. The molecule has 1 aromatic rings. The van der Waals surface area contributed by atoms with Gasteiger partial charge in [0.05, 0.1) is 0 Å². The molecule has 4 heteroatoms. The Labute approximate surface area is 115 Å². The van der Waals surface area contributed by atoms with Gasteiger partial charge in [0, 0.05) is 12.6 Å². The summed E-state index contributed by atoms with van der Waals surface area (Å²) in [6, 6.07) is 5.80. The summed E-state index contributed by atoms with van der Waals surface area (Å²) in [5.74, 6) is 0.652. The van der Waals surface area contributed by atoms with Gasteiger partial charge in [-0.15, -0.1) is 0 Å². The smallest absolute Gasteiger partial charge is 0.257 e. The SMILES string of the molecule is CCCCNC(=O)COc1ccc([C@H](C)N)cc1C. The third-order valence-electron chi connectivity index (χ3n) is 2.94. The van der Waals surface area contributed by atoms with Crippen molar-refractivity contribution in [2.24, 2.45) is 5.73 Å². The Balaban J connectivity index is 2.47. The highest BCUT2D eigenvalue weighted by Gasteiger charge is 2.06. The fourth-order valence-electron chi connectivity index (χ4n) is 1.72. The van der Waals surface area contributed by atoms with Gasteiger partial charge in [0.1, 0.15) is 5.75 Å². The molecule has 0 aliphatic rings. The summed E-state index contributed by atoms with van der Waals surface area (Å²) < 4.78 is 5.51. The molecule has 1 aromatic carbocycles. The zero-order valence-corrected chi connectivity index (χ0v) is 12.0. The number of carbonyl (C=O) groups excluding carboxylic acids is 1. The standard InChI is InChI=1S/C15H24N2O2/c1-4-5-8-17-15(18)10-19-14-7-6-13(12(3)16)9-11(14)2/h6-7,9,12H,4-5,8,10,16H2,1-3H3,(H,17,18)/t12-/m0/s1. The summed E-state index contributed by atoms with van der Waals surface area (Å²) in [4.78, 5) is 11.5. The van der Waals surface area contributed by atoms with E-state index >= 15 is 0 Å². The number of hydrogen-bond donors (Lipinski definition) is 2. The van der Waals surface area contributed by atoms with E-state index in [4.69, 9.17) is 10.5 Å². The minimum Gasteiger partial charge on any atom is -0.484 e. The normalized spacial score (nSPS) is 12.0. The van der Waals surface area contributed by atoms with E-state index < -0.39 is 0 Å². The monoisotopic (exact) mass is 264 g/mol. The predicted molar refractivity (Wildman–Crippen MR) is 77.2 cm³/mol. The van der Waals surface area contributed by atoms with Crippen LogP contribution in [0.3, 0.4) is 0 Å². The predicted octanol–water partition coefficient (Wildman–Crippen LogP) is 2.31. The number of rotatable bonds is 7. The van der Waals surface area contributed by atoms with Crippen LogP contribution in [0.5, 0.6) is 5.75 Å². The maximum absolute atomic E-state index is 11.5. The molecule has 0 heterocycles. The molecule has 0 fully saturated rings. The van der Waals surface area contributed by atoms with Crippen molar-refractivity contribution in [1.29, 1.82) is 0 Å². The number of nitrogens with one attached hydrogen (secondary N) is 1. The second-order valence-corrected chi connectivity index (χ2v) is 4.81. The van der Waals surface area contributed by atoms with Crippen LogP contribution >= 0.6 is 0 Å². The Morgan fingerprint density at radius 3 is 2.79 bits per heavy atom. The van der Waals surface area contributed by atoms with Crippen LogP contribution in [0.15, 0.2) is 18.2 Å². The highest BCUT2D eigenvalue weighted by molar-refractivity contribution is 5.77. The van der Waals surface area contributed by atoms with Gasteiger partial charge in [-0.25, -0.2) is 0 Å². The molecule has 1 rings (SSSR count). The van der Waals surface area contributed by atoms with Crippen molar-refractivity contribution in [2.45, 2.75) is 39.7 Å². The Kier molecular flexibility index (Phi) is 6.36. The van der Waals surface area contributed by atoms with Crippen LogP contribution in [0.2, 0.25) is 0 Å². The van der Waals surface area contributed by atoms with E-state index in [-0.39, 0.29) is 18.6 Å². The number of ether oxygens (including phenoxy) is 1. The molecule has 106 valence electrons. The van der Waals surface area contributed by atoms with Crippen molar-refractivity contribution in [3.63, 3.8) is 0 Å². The average Bonchev–Trinajstić information content (AvgIpc) is 2.37. The zero-order valence-electron chi connectivity index (χ0n) is 12.0. The van der Waals surface area contributed by atoms with Crippen LogP contribution in [-0.2, 0) is 4.79 Å². The lowest BCUT2D eigenvalue weighted by Crippen LogP contribution is -2.29. The van der Waals surface area contributed by atoms with Gasteiger partial charge in [-0.2, -0.15) is 0 Å². The first-order valence-electron chi connectivity index (χ1n) is 6.80. The minimum absolute atomic E-state index is 0.00472. The number of carbonyl (C=O) groups is 1. The molecule has 0 spiro atoms. The maximum Gasteiger partial charge on any atom is 0.257 e. The molecule has 3 N–H and O–H groups in total. The maximum atomic E-state index is 11.5. The molecular formula is C15H24N2O2. The van der Waals surface area contributed by atoms with Gasteiger partial charge in [-0.1, -0.05) is 25.5 Å². The first-order chi connectivity index (χ1) is 9.04. The second-order valence-electron chi connectivity index (χ2n) is 4.81. The van der Waals surface area contributed by atoms with E-state index in [9.17, 15) is 4.79 Å². The van der Waals surface area contributed by atoms with Crippen molar-refractivity contribution in [3.05, 3.63) is 29.3 Å². The minimum atomic E-state index is -0.0795. The van der Waals surface area contributed by atoms with Crippen molar-refractivity contribution < 1.29 is 9.53 Å². The van der Waals surface area contributed by atoms with Gasteiger partial charge < -0.3 is 15.8 Å². The molecule has 1 atom stereocenters. The number of hydrogen-bond acceptors (Lipinski definition) is 3. The summed E-state index contributed by atoms with van der Waals surface area (Å²) in [5, 5.41) is 2.82. The van der Waals surface area contributed by atoms with Crippen molar-refractivity contribution in [2.75, 3.05) is 13.2 Å². The molecule has 0 bridgehead atoms. The second kappa shape index (κ2) is 7.79. The lowest BCUT2D eigenvalue weighted by atomic mass is 10.1. The van der Waals surface area contributed by atoms with Gasteiger partial charge in [0.2, 0.25) is 0 Å². The van der Waals surface area contributed by atoms with Gasteiger partial charge in [0.25, 0.3) is 5.91 Å². The Morgan fingerprint density at radius 2 is 2.21 bits per heavy atom. The summed E-state index contributed by atoms with van der Waals surface area (Å²) in [6.45, 7) is 6.75. The van der Waals surface area contributed by atoms with Crippen molar-refractivity contribution in [3.8, 4) is 5.75 Å². The van der Waals surface area contributed by atoms with Crippen molar-refractivity contribution >= 4 is 5.91 Å². The van der Waals surface area contributed by atoms with E-state index in [0.717, 1.165) is 29.7 Å². The summed E-state index contributed by atoms with van der Waals surface area (Å²) >= 11 is 0. The largest absolute Gasteiger partial charge is 0.484 e. The highest BCUT2D eigenvalue weighted by atomic mass is 16.5. The summed E-state index contributed by atoms with van der Waals surface area (Å²) in [6.07, 6.45) is 2.06. The lowest BCUT2D eigenvalue weighted by Gasteiger charge is -2.12. The van der Waals surface area contributed by atoms with Crippen LogP contribution in [0, 0.1) is 6.92 Å². The topological polar surface area (TPSA) is 64.3 Å². The molecule has 0 radical (unpaired) electrons. The number of benzene rings is 1. The van der Waals surface area contributed by atoms with E-state index in [0.29, 0.717) is 6.54 Å². The molecule has 1 amide bonds. The molecular weight excluding hydrogens is 240 g/mol. The Morgan fingerprint density at radius 1 is 1.47 bits per heavy atom. The summed E-state index contributed by atoms with van der Waals surface area (Å²) in [7, 11) is 0. The molecule has 0 aromatic heterocycles. The molecule has 0 aliphatic heterocycles. The Hall–Kier alpha value is -1.55. The van der Waals surface area contributed by atoms with Gasteiger partial charge in [-0.05, 0) is 37.5 Å². The van der Waals surface area contributed by atoms with Crippen LogP contribution in [0.1, 0.15) is 43.9 Å². The average molecular weight is 264 g/mol. The Bertz CT molecular complexity index is 417. The fourth-order valence-corrected chi connectivity index (χ4v) is 1.72. The number of aryl methyl sites for hydroxylation is 1. The van der Waals surface area contributed by atoms with Crippen molar-refractivity contribution in [1.82, 2.24) is 5.32 Å². The van der Waals surface area contributed by atoms with E-state index in [1.165, 1.54) is 0 Å². The van der Waals surface area contributed by atoms with E-state index in [2.05, 4.69) is 12.2 Å². The van der Waals surface area contributed by atoms with Crippen LogP contribution < -0.4 is 15.8 Å². The number of amides is 1. The first kappa shape index (κ1) is 15.5. The van der Waals surface area contributed by atoms with Crippen LogP contribution in [0.4, 0.5) is 0 Å². The number of nitrogens with two attached hydrogens (primary N) is 1. The van der Waals surface area contributed by atoms with E-state index in [1.807, 2.05) is 32.0 Å². The number of unbranched alkanes of at least 4 members (excludes halogenated alkanes) is 1. The van der Waals surface area contributed by atoms with Crippen LogP contribution in [-0.4, -0.2) is 19.1 Å². The molecule has 0 unspecified atom stereocenters. The summed E-state index contributed by atoms with van der Waals surface area (Å²) in [5.41, 5.74) is 7.88. The lowest BCUT2D eigenvalue weighted by molar-refractivity contribution is -0.123. The zero-order chi connectivity index (χ0) is 14.3. The third-order valence-corrected chi connectivity index (χ3v) is 2.94. The van der Waals surface area contributed by atoms with E-state index in [1.54, 1.807) is 0 Å². The molecule has 0 saturated carbocycles. The molecule has 19 heavy (non-hydrogen) atoms.